The van der Waals surface area contributed by atoms with Gasteiger partial charge in [-0.3, -0.25) is 4.90 Å². The number of nitrogens with zero attached hydrogens (tertiary/aromatic N) is 4. The molecule has 0 saturated carbocycles. The topological polar surface area (TPSA) is 23.8 Å². The molecule has 0 spiro atoms. The van der Waals surface area contributed by atoms with Gasteiger partial charge < -0.3 is 9.30 Å². The maximum absolute atomic E-state index is 13.0. The molecule has 0 bridgehead atoms. The first kappa shape index (κ1) is 15.1. The molecule has 3 aromatic rings. The molecule has 4 rings (SSSR count). The molecule has 124 valence electrons. The van der Waals surface area contributed by atoms with Crippen molar-refractivity contribution in [1.82, 2.24) is 14.3 Å². The molecular formula is C19H21FN4. The molecule has 4 nitrogen and oxygen atoms in total. The van der Waals surface area contributed by atoms with Crippen molar-refractivity contribution < 1.29 is 4.39 Å². The van der Waals surface area contributed by atoms with Gasteiger partial charge in [-0.2, -0.15) is 0 Å². The van der Waals surface area contributed by atoms with Gasteiger partial charge in [-0.05, 0) is 43.3 Å². The van der Waals surface area contributed by atoms with Gasteiger partial charge in [0.05, 0.1) is 5.69 Å². The zero-order valence-corrected chi connectivity index (χ0v) is 13.8. The van der Waals surface area contributed by atoms with E-state index in [9.17, 15) is 4.39 Å². The first-order valence-electron chi connectivity index (χ1n) is 8.35. The smallest absolute Gasteiger partial charge is 0.137 e. The highest BCUT2D eigenvalue weighted by Crippen LogP contribution is 2.18. The predicted octanol–water partition coefficient (Wildman–Crippen LogP) is 3.10. The maximum atomic E-state index is 13.0. The van der Waals surface area contributed by atoms with Crippen molar-refractivity contribution in [2.24, 2.45) is 0 Å². The number of piperazine rings is 1. The van der Waals surface area contributed by atoms with Crippen molar-refractivity contribution in [1.29, 1.82) is 0 Å². The Labute approximate surface area is 141 Å². The average Bonchev–Trinajstić information content (AvgIpc) is 3.00. The quantitative estimate of drug-likeness (QED) is 0.740. The van der Waals surface area contributed by atoms with Crippen molar-refractivity contribution in [2.75, 3.05) is 31.1 Å². The fourth-order valence-electron chi connectivity index (χ4n) is 3.32. The third-order valence-corrected chi connectivity index (χ3v) is 4.70. The minimum Gasteiger partial charge on any atom is -0.369 e. The lowest BCUT2D eigenvalue weighted by Gasteiger charge is -2.35. The number of fused-ring (bicyclic) bond motifs is 1. The van der Waals surface area contributed by atoms with Crippen LogP contribution in [-0.4, -0.2) is 40.5 Å². The van der Waals surface area contributed by atoms with Crippen LogP contribution in [0.15, 0.2) is 48.7 Å². The molecule has 0 aliphatic carbocycles. The number of aryl methyl sites for hydroxylation is 1. The van der Waals surface area contributed by atoms with E-state index in [0.717, 1.165) is 49.8 Å². The van der Waals surface area contributed by atoms with E-state index in [1.165, 1.54) is 17.8 Å². The largest absolute Gasteiger partial charge is 0.369 e. The number of benzene rings is 1. The summed E-state index contributed by atoms with van der Waals surface area (Å²) < 4.78 is 15.2. The van der Waals surface area contributed by atoms with E-state index in [1.54, 1.807) is 0 Å². The molecule has 0 amide bonds. The van der Waals surface area contributed by atoms with E-state index in [1.807, 2.05) is 24.3 Å². The fraction of sp³-hybridized carbons (Fsp3) is 0.316. The third-order valence-electron chi connectivity index (χ3n) is 4.70. The van der Waals surface area contributed by atoms with Crippen LogP contribution in [0.1, 0.15) is 11.4 Å². The Morgan fingerprint density at radius 1 is 1.00 bits per heavy atom. The van der Waals surface area contributed by atoms with Crippen molar-refractivity contribution in [3.8, 4) is 0 Å². The van der Waals surface area contributed by atoms with Gasteiger partial charge in [0.25, 0.3) is 0 Å². The van der Waals surface area contributed by atoms with E-state index in [2.05, 4.69) is 33.4 Å². The van der Waals surface area contributed by atoms with E-state index in [0.29, 0.717) is 0 Å². The average molecular weight is 324 g/mol. The number of aromatic nitrogens is 2. The van der Waals surface area contributed by atoms with Crippen LogP contribution in [0.2, 0.25) is 0 Å². The van der Waals surface area contributed by atoms with Crippen LogP contribution in [0, 0.1) is 12.7 Å². The predicted molar refractivity (Wildman–Crippen MR) is 93.8 cm³/mol. The van der Waals surface area contributed by atoms with Gasteiger partial charge in [0.1, 0.15) is 11.5 Å². The summed E-state index contributed by atoms with van der Waals surface area (Å²) in [4.78, 5) is 9.46. The summed E-state index contributed by atoms with van der Waals surface area (Å²) in [5.74, 6) is -0.181. The summed E-state index contributed by atoms with van der Waals surface area (Å²) in [6, 6.07) is 13.0. The van der Waals surface area contributed by atoms with E-state index in [4.69, 9.17) is 4.98 Å². The molecule has 24 heavy (non-hydrogen) atoms. The maximum Gasteiger partial charge on any atom is 0.137 e. The Morgan fingerprint density at radius 2 is 1.75 bits per heavy atom. The molecule has 0 radical (unpaired) electrons. The van der Waals surface area contributed by atoms with Crippen LogP contribution in [0.3, 0.4) is 0 Å². The Morgan fingerprint density at radius 3 is 2.46 bits per heavy atom. The Kier molecular flexibility index (Phi) is 3.94. The number of rotatable bonds is 3. The monoisotopic (exact) mass is 324 g/mol. The first-order chi connectivity index (χ1) is 11.7. The molecular weight excluding hydrogens is 303 g/mol. The lowest BCUT2D eigenvalue weighted by Crippen LogP contribution is -2.46. The van der Waals surface area contributed by atoms with E-state index >= 15 is 0 Å². The van der Waals surface area contributed by atoms with Crippen LogP contribution < -0.4 is 4.90 Å². The van der Waals surface area contributed by atoms with Gasteiger partial charge in [-0.1, -0.05) is 6.07 Å². The molecule has 1 aromatic carbocycles. The zero-order valence-electron chi connectivity index (χ0n) is 13.8. The number of hydrogen-bond acceptors (Lipinski definition) is 3. The van der Waals surface area contributed by atoms with Gasteiger partial charge in [0, 0.05) is 50.3 Å². The summed E-state index contributed by atoms with van der Waals surface area (Å²) in [7, 11) is 0. The summed E-state index contributed by atoms with van der Waals surface area (Å²) in [6.07, 6.45) is 2.14. The van der Waals surface area contributed by atoms with Gasteiger partial charge in [0.2, 0.25) is 0 Å². The lowest BCUT2D eigenvalue weighted by atomic mass is 10.2. The number of halogens is 1. The van der Waals surface area contributed by atoms with Crippen LogP contribution in [-0.2, 0) is 6.54 Å². The third kappa shape index (κ3) is 2.99. The van der Waals surface area contributed by atoms with Crippen molar-refractivity contribution in [3.05, 3.63) is 65.9 Å². The van der Waals surface area contributed by atoms with Crippen LogP contribution in [0.5, 0.6) is 0 Å². The minimum atomic E-state index is -0.181. The first-order valence-corrected chi connectivity index (χ1v) is 8.35. The van der Waals surface area contributed by atoms with Crippen LogP contribution >= 0.6 is 0 Å². The molecule has 0 unspecified atom stereocenters. The second-order valence-corrected chi connectivity index (χ2v) is 6.37. The highest BCUT2D eigenvalue weighted by Gasteiger charge is 2.18. The number of imidazole rings is 1. The van der Waals surface area contributed by atoms with Gasteiger partial charge in [-0.25, -0.2) is 9.37 Å². The van der Waals surface area contributed by atoms with Crippen molar-refractivity contribution in [3.63, 3.8) is 0 Å². The molecule has 1 fully saturated rings. The number of hydrogen-bond donors (Lipinski definition) is 0. The lowest BCUT2D eigenvalue weighted by molar-refractivity contribution is 0.247. The molecule has 5 heteroatoms. The summed E-state index contributed by atoms with van der Waals surface area (Å²) >= 11 is 0. The van der Waals surface area contributed by atoms with E-state index < -0.39 is 0 Å². The van der Waals surface area contributed by atoms with Gasteiger partial charge in [0.15, 0.2) is 0 Å². The Hall–Kier alpha value is -2.40. The molecule has 3 heterocycles. The van der Waals surface area contributed by atoms with Crippen LogP contribution in [0.25, 0.3) is 5.65 Å². The second kappa shape index (κ2) is 6.24. The zero-order chi connectivity index (χ0) is 16.5. The number of pyridine rings is 1. The van der Waals surface area contributed by atoms with Crippen LogP contribution in [0.4, 0.5) is 10.1 Å². The highest BCUT2D eigenvalue weighted by atomic mass is 19.1. The highest BCUT2D eigenvalue weighted by molar-refractivity contribution is 5.46. The van der Waals surface area contributed by atoms with Gasteiger partial charge >= 0.3 is 0 Å². The molecule has 1 aliphatic rings. The van der Waals surface area contributed by atoms with Crippen molar-refractivity contribution >= 4 is 11.3 Å². The molecule has 1 aliphatic heterocycles. The van der Waals surface area contributed by atoms with Crippen molar-refractivity contribution in [2.45, 2.75) is 13.5 Å². The SMILES string of the molecule is Cc1cccc2nc(CN3CCN(c4ccc(F)cc4)CC3)cn12. The Bertz CT molecular complexity index is 832. The minimum absolute atomic E-state index is 0.181. The molecule has 0 atom stereocenters. The summed E-state index contributed by atoms with van der Waals surface area (Å²) in [6.45, 7) is 6.86. The standard InChI is InChI=1S/C19H21FN4/c1-15-3-2-4-19-21-17(14-24(15)19)13-22-9-11-23(12-10-22)18-7-5-16(20)6-8-18/h2-8,14H,9-13H2,1H3. The van der Waals surface area contributed by atoms with E-state index in [-0.39, 0.29) is 5.82 Å². The van der Waals surface area contributed by atoms with Gasteiger partial charge in [-0.15, -0.1) is 0 Å². The molecule has 1 saturated heterocycles. The Balaban J connectivity index is 1.40. The number of anilines is 1. The normalized spacial score (nSPS) is 16.0. The summed E-state index contributed by atoms with van der Waals surface area (Å²) in [5, 5.41) is 0. The molecule has 0 N–H and O–H groups in total. The fourth-order valence-corrected chi connectivity index (χ4v) is 3.32. The molecule has 2 aromatic heterocycles. The second-order valence-electron chi connectivity index (χ2n) is 6.37. The summed E-state index contributed by atoms with van der Waals surface area (Å²) in [5.41, 5.74) is 4.42.